The largest absolute Gasteiger partial charge is 0.497 e. The highest BCUT2D eigenvalue weighted by molar-refractivity contribution is 5.92. The van der Waals surface area contributed by atoms with Gasteiger partial charge in [-0.05, 0) is 24.1 Å². The molecule has 1 aliphatic heterocycles. The number of methoxy groups -OCH3 is 1. The highest BCUT2D eigenvalue weighted by Gasteiger charge is 2.12. The molecule has 8 nitrogen and oxygen atoms in total. The van der Waals surface area contributed by atoms with E-state index in [1.54, 1.807) is 13.2 Å². The quantitative estimate of drug-likeness (QED) is 0.671. The molecule has 0 spiro atoms. The number of hydrogen-bond donors (Lipinski definition) is 2. The van der Waals surface area contributed by atoms with Gasteiger partial charge >= 0.3 is 0 Å². The predicted octanol–water partition coefficient (Wildman–Crippen LogP) is 1.20. The van der Waals surface area contributed by atoms with Crippen LogP contribution < -0.4 is 15.4 Å². The number of rotatable bonds is 9. The molecule has 8 heteroatoms. The molecular formula is C20H27N5O3. The van der Waals surface area contributed by atoms with Crippen molar-refractivity contribution in [2.45, 2.75) is 6.42 Å². The van der Waals surface area contributed by atoms with E-state index in [1.165, 1.54) is 11.9 Å². The minimum atomic E-state index is -0.186. The Bertz CT molecular complexity index is 748. The Kier molecular flexibility index (Phi) is 7.57. The van der Waals surface area contributed by atoms with Gasteiger partial charge in [0, 0.05) is 38.8 Å². The minimum Gasteiger partial charge on any atom is -0.497 e. The Hall–Kier alpha value is -2.71. The van der Waals surface area contributed by atoms with Crippen molar-refractivity contribution < 1.29 is 14.3 Å². The van der Waals surface area contributed by atoms with Crippen molar-refractivity contribution in [2.24, 2.45) is 0 Å². The van der Waals surface area contributed by atoms with Crippen LogP contribution in [0.4, 0.5) is 5.82 Å². The first-order valence-corrected chi connectivity index (χ1v) is 9.52. The van der Waals surface area contributed by atoms with Crippen molar-refractivity contribution in [1.29, 1.82) is 0 Å². The van der Waals surface area contributed by atoms with E-state index in [1.807, 2.05) is 24.3 Å². The molecule has 28 heavy (non-hydrogen) atoms. The van der Waals surface area contributed by atoms with Gasteiger partial charge in [-0.25, -0.2) is 9.97 Å². The smallest absolute Gasteiger partial charge is 0.270 e. The second kappa shape index (κ2) is 10.6. The summed E-state index contributed by atoms with van der Waals surface area (Å²) in [7, 11) is 1.65. The van der Waals surface area contributed by atoms with Crippen LogP contribution in [0.3, 0.4) is 0 Å². The van der Waals surface area contributed by atoms with Gasteiger partial charge < -0.3 is 20.1 Å². The average Bonchev–Trinajstić information content (AvgIpc) is 2.75. The van der Waals surface area contributed by atoms with Crippen LogP contribution in [-0.2, 0) is 11.2 Å². The van der Waals surface area contributed by atoms with Crippen molar-refractivity contribution in [2.75, 3.05) is 58.4 Å². The summed E-state index contributed by atoms with van der Waals surface area (Å²) in [5.41, 5.74) is 1.56. The van der Waals surface area contributed by atoms with E-state index in [-0.39, 0.29) is 5.91 Å². The molecule has 1 amide bonds. The zero-order chi connectivity index (χ0) is 19.6. The summed E-state index contributed by atoms with van der Waals surface area (Å²) < 4.78 is 10.5. The zero-order valence-corrected chi connectivity index (χ0v) is 16.2. The molecule has 1 aromatic carbocycles. The molecule has 1 fully saturated rings. The number of aromatic nitrogens is 2. The number of morpholine rings is 1. The lowest BCUT2D eigenvalue weighted by molar-refractivity contribution is 0.0383. The molecule has 2 N–H and O–H groups in total. The molecule has 2 heterocycles. The molecule has 1 aromatic heterocycles. The fraction of sp³-hybridized carbons (Fsp3) is 0.450. The maximum atomic E-state index is 12.3. The van der Waals surface area contributed by atoms with Crippen LogP contribution in [0.2, 0.25) is 0 Å². The number of benzene rings is 1. The Morgan fingerprint density at radius 2 is 1.96 bits per heavy atom. The SMILES string of the molecule is COc1ccc(CCNc2cc(C(=O)NCCN3CCOCC3)ncn2)cc1. The summed E-state index contributed by atoms with van der Waals surface area (Å²) in [6.45, 7) is 5.44. The number of hydrogen-bond acceptors (Lipinski definition) is 7. The molecule has 0 atom stereocenters. The third-order valence-electron chi connectivity index (χ3n) is 4.60. The summed E-state index contributed by atoms with van der Waals surface area (Å²) in [6, 6.07) is 9.64. The van der Waals surface area contributed by atoms with Gasteiger partial charge in [0.25, 0.3) is 5.91 Å². The minimum absolute atomic E-state index is 0.186. The van der Waals surface area contributed by atoms with Gasteiger partial charge in [0.15, 0.2) is 0 Å². The first kappa shape index (κ1) is 20.0. The van der Waals surface area contributed by atoms with E-state index in [9.17, 15) is 4.79 Å². The van der Waals surface area contributed by atoms with Gasteiger partial charge in [-0.2, -0.15) is 0 Å². The standard InChI is InChI=1S/C20H27N5O3/c1-27-17-4-2-16(3-5-17)6-7-21-19-14-18(23-15-24-19)20(26)22-8-9-25-10-12-28-13-11-25/h2-5,14-15H,6-13H2,1H3,(H,22,26)(H,21,23,24). The molecule has 1 saturated heterocycles. The molecular weight excluding hydrogens is 358 g/mol. The fourth-order valence-electron chi connectivity index (χ4n) is 2.95. The Morgan fingerprint density at radius 3 is 2.71 bits per heavy atom. The van der Waals surface area contributed by atoms with Crippen LogP contribution in [0.25, 0.3) is 0 Å². The van der Waals surface area contributed by atoms with Gasteiger partial charge in [0.05, 0.1) is 20.3 Å². The van der Waals surface area contributed by atoms with Crippen molar-refractivity contribution in [1.82, 2.24) is 20.2 Å². The Balaban J connectivity index is 1.42. The molecule has 0 bridgehead atoms. The molecule has 0 saturated carbocycles. The molecule has 150 valence electrons. The van der Waals surface area contributed by atoms with Crippen molar-refractivity contribution in [3.05, 3.63) is 47.9 Å². The van der Waals surface area contributed by atoms with Gasteiger partial charge in [-0.3, -0.25) is 9.69 Å². The van der Waals surface area contributed by atoms with Crippen LogP contribution in [0.5, 0.6) is 5.75 Å². The predicted molar refractivity (Wildman–Crippen MR) is 107 cm³/mol. The summed E-state index contributed by atoms with van der Waals surface area (Å²) >= 11 is 0. The first-order valence-electron chi connectivity index (χ1n) is 9.52. The summed E-state index contributed by atoms with van der Waals surface area (Å²) in [5.74, 6) is 1.30. The number of carbonyl (C=O) groups excluding carboxylic acids is 1. The maximum absolute atomic E-state index is 12.3. The highest BCUT2D eigenvalue weighted by Crippen LogP contribution is 2.12. The lowest BCUT2D eigenvalue weighted by Gasteiger charge is -2.26. The third-order valence-corrected chi connectivity index (χ3v) is 4.60. The number of nitrogens with zero attached hydrogens (tertiary/aromatic N) is 3. The van der Waals surface area contributed by atoms with Crippen molar-refractivity contribution >= 4 is 11.7 Å². The number of amides is 1. The van der Waals surface area contributed by atoms with Crippen molar-refractivity contribution in [3.63, 3.8) is 0 Å². The third kappa shape index (κ3) is 6.17. The fourth-order valence-corrected chi connectivity index (χ4v) is 2.95. The molecule has 2 aromatic rings. The van der Waals surface area contributed by atoms with Crippen LogP contribution >= 0.6 is 0 Å². The van der Waals surface area contributed by atoms with E-state index in [0.29, 0.717) is 24.6 Å². The lowest BCUT2D eigenvalue weighted by atomic mass is 10.1. The van der Waals surface area contributed by atoms with Crippen LogP contribution in [0.15, 0.2) is 36.7 Å². The van der Waals surface area contributed by atoms with Gasteiger partial charge in [0.2, 0.25) is 0 Å². The number of anilines is 1. The molecule has 0 aliphatic carbocycles. The summed E-state index contributed by atoms with van der Waals surface area (Å²) in [4.78, 5) is 22.9. The second-order valence-electron chi connectivity index (χ2n) is 6.52. The van der Waals surface area contributed by atoms with Crippen LogP contribution in [-0.4, -0.2) is 73.8 Å². The molecule has 3 rings (SSSR count). The summed E-state index contributed by atoms with van der Waals surface area (Å²) in [5, 5.41) is 6.16. The van der Waals surface area contributed by atoms with Gasteiger partial charge in [0.1, 0.15) is 23.6 Å². The Labute approximate surface area is 165 Å². The monoisotopic (exact) mass is 385 g/mol. The molecule has 0 unspecified atom stereocenters. The topological polar surface area (TPSA) is 88.6 Å². The number of carbonyl (C=O) groups is 1. The molecule has 1 aliphatic rings. The second-order valence-corrected chi connectivity index (χ2v) is 6.52. The summed E-state index contributed by atoms with van der Waals surface area (Å²) in [6.07, 6.45) is 2.25. The Morgan fingerprint density at radius 1 is 1.18 bits per heavy atom. The van der Waals surface area contributed by atoms with E-state index in [4.69, 9.17) is 9.47 Å². The first-order chi connectivity index (χ1) is 13.7. The number of ether oxygens (including phenoxy) is 2. The van der Waals surface area contributed by atoms with E-state index >= 15 is 0 Å². The zero-order valence-electron chi connectivity index (χ0n) is 16.2. The van der Waals surface area contributed by atoms with Crippen LogP contribution in [0.1, 0.15) is 16.1 Å². The van der Waals surface area contributed by atoms with Crippen LogP contribution in [0, 0.1) is 0 Å². The van der Waals surface area contributed by atoms with E-state index in [0.717, 1.165) is 45.0 Å². The normalized spacial score (nSPS) is 14.5. The maximum Gasteiger partial charge on any atom is 0.270 e. The van der Waals surface area contributed by atoms with Gasteiger partial charge in [-0.1, -0.05) is 12.1 Å². The van der Waals surface area contributed by atoms with E-state index in [2.05, 4.69) is 25.5 Å². The average molecular weight is 385 g/mol. The van der Waals surface area contributed by atoms with E-state index < -0.39 is 0 Å². The number of nitrogens with one attached hydrogen (secondary N) is 2. The highest BCUT2D eigenvalue weighted by atomic mass is 16.5. The van der Waals surface area contributed by atoms with Crippen molar-refractivity contribution in [3.8, 4) is 5.75 Å². The van der Waals surface area contributed by atoms with Gasteiger partial charge in [-0.15, -0.1) is 0 Å². The lowest BCUT2D eigenvalue weighted by Crippen LogP contribution is -2.41. The molecule has 0 radical (unpaired) electrons.